The standard InChI is InChI=1S/C12H14Cl2N4/c1-7-5-8(13)3-4-9(7)11(17-15)12-10(14)6-16-18(12)2/h3-6,11,17H,15H2,1-2H3. The Labute approximate surface area is 116 Å². The number of rotatable bonds is 3. The van der Waals surface area contributed by atoms with Crippen molar-refractivity contribution in [2.45, 2.75) is 13.0 Å². The van der Waals surface area contributed by atoms with Gasteiger partial charge in [0.05, 0.1) is 23.0 Å². The number of halogens is 2. The summed E-state index contributed by atoms with van der Waals surface area (Å²) in [6.45, 7) is 1.98. The molecule has 1 unspecified atom stereocenters. The molecule has 0 aliphatic rings. The molecule has 1 heterocycles. The van der Waals surface area contributed by atoms with E-state index in [1.165, 1.54) is 0 Å². The van der Waals surface area contributed by atoms with E-state index in [1.54, 1.807) is 10.9 Å². The molecule has 0 saturated carbocycles. The van der Waals surface area contributed by atoms with Gasteiger partial charge in [-0.2, -0.15) is 5.10 Å². The SMILES string of the molecule is Cc1cc(Cl)ccc1C(NN)c1c(Cl)cnn1C. The monoisotopic (exact) mass is 284 g/mol. The molecule has 3 N–H and O–H groups in total. The van der Waals surface area contributed by atoms with Crippen molar-refractivity contribution < 1.29 is 0 Å². The van der Waals surface area contributed by atoms with Crippen LogP contribution < -0.4 is 11.3 Å². The number of hydrogen-bond acceptors (Lipinski definition) is 3. The number of nitrogens with zero attached hydrogens (tertiary/aromatic N) is 2. The van der Waals surface area contributed by atoms with E-state index in [4.69, 9.17) is 29.0 Å². The fraction of sp³-hybridized carbons (Fsp3) is 0.250. The molecule has 2 rings (SSSR count). The van der Waals surface area contributed by atoms with Gasteiger partial charge in [-0.25, -0.2) is 5.43 Å². The predicted octanol–water partition coefficient (Wildman–Crippen LogP) is 2.59. The summed E-state index contributed by atoms with van der Waals surface area (Å²) in [7, 11) is 1.83. The van der Waals surface area contributed by atoms with Gasteiger partial charge in [-0.3, -0.25) is 10.5 Å². The first-order valence-corrected chi connectivity index (χ1v) is 6.19. The third kappa shape index (κ3) is 2.37. The van der Waals surface area contributed by atoms with Gasteiger partial charge in [0.1, 0.15) is 0 Å². The summed E-state index contributed by atoms with van der Waals surface area (Å²) < 4.78 is 1.71. The highest BCUT2D eigenvalue weighted by Crippen LogP contribution is 2.30. The zero-order valence-corrected chi connectivity index (χ0v) is 11.6. The highest BCUT2D eigenvalue weighted by Gasteiger charge is 2.21. The van der Waals surface area contributed by atoms with Gasteiger partial charge in [0.25, 0.3) is 0 Å². The molecule has 1 atom stereocenters. The van der Waals surface area contributed by atoms with E-state index in [9.17, 15) is 0 Å². The van der Waals surface area contributed by atoms with Crippen LogP contribution in [0.4, 0.5) is 0 Å². The van der Waals surface area contributed by atoms with Crippen molar-refractivity contribution in [2.24, 2.45) is 12.9 Å². The van der Waals surface area contributed by atoms with E-state index in [1.807, 2.05) is 32.2 Å². The van der Waals surface area contributed by atoms with E-state index in [2.05, 4.69) is 10.5 Å². The van der Waals surface area contributed by atoms with Crippen LogP contribution in [0, 0.1) is 6.92 Å². The smallest absolute Gasteiger partial charge is 0.0895 e. The van der Waals surface area contributed by atoms with Gasteiger partial charge in [-0.1, -0.05) is 29.3 Å². The Morgan fingerprint density at radius 2 is 2.11 bits per heavy atom. The van der Waals surface area contributed by atoms with Crippen molar-refractivity contribution in [3.8, 4) is 0 Å². The molecule has 0 aliphatic carbocycles. The first-order valence-electron chi connectivity index (χ1n) is 5.44. The zero-order chi connectivity index (χ0) is 13.3. The number of nitrogens with one attached hydrogen (secondary N) is 1. The Morgan fingerprint density at radius 3 is 2.61 bits per heavy atom. The molecule has 4 nitrogen and oxygen atoms in total. The molecule has 1 aromatic carbocycles. The van der Waals surface area contributed by atoms with E-state index in [-0.39, 0.29) is 6.04 Å². The molecule has 0 spiro atoms. The van der Waals surface area contributed by atoms with Gasteiger partial charge in [-0.15, -0.1) is 0 Å². The van der Waals surface area contributed by atoms with Gasteiger partial charge < -0.3 is 0 Å². The second-order valence-electron chi connectivity index (χ2n) is 4.10. The quantitative estimate of drug-likeness (QED) is 0.673. The maximum Gasteiger partial charge on any atom is 0.0895 e. The molecule has 0 fully saturated rings. The van der Waals surface area contributed by atoms with Crippen LogP contribution in [0.5, 0.6) is 0 Å². The van der Waals surface area contributed by atoms with Crippen LogP contribution in [-0.2, 0) is 7.05 Å². The number of hydrazine groups is 1. The summed E-state index contributed by atoms with van der Waals surface area (Å²) in [6, 6.07) is 5.44. The predicted molar refractivity (Wildman–Crippen MR) is 73.6 cm³/mol. The van der Waals surface area contributed by atoms with Crippen LogP contribution in [0.2, 0.25) is 10.0 Å². The lowest BCUT2D eigenvalue weighted by Gasteiger charge is -2.19. The van der Waals surface area contributed by atoms with Gasteiger partial charge >= 0.3 is 0 Å². The summed E-state index contributed by atoms with van der Waals surface area (Å²) in [5, 5.41) is 5.40. The maximum atomic E-state index is 6.15. The summed E-state index contributed by atoms with van der Waals surface area (Å²) in [5.74, 6) is 5.66. The van der Waals surface area contributed by atoms with Crippen LogP contribution in [0.1, 0.15) is 22.9 Å². The maximum absolute atomic E-state index is 6.15. The molecule has 0 amide bonds. The van der Waals surface area contributed by atoms with Crippen molar-refractivity contribution in [1.82, 2.24) is 15.2 Å². The molecule has 0 saturated heterocycles. The minimum absolute atomic E-state index is 0.220. The normalized spacial score (nSPS) is 12.7. The topological polar surface area (TPSA) is 55.9 Å². The van der Waals surface area contributed by atoms with Crippen LogP contribution in [0.15, 0.2) is 24.4 Å². The Bertz CT molecular complexity index is 546. The van der Waals surface area contributed by atoms with E-state index in [0.29, 0.717) is 10.0 Å². The molecule has 0 radical (unpaired) electrons. The zero-order valence-electron chi connectivity index (χ0n) is 10.1. The van der Waals surface area contributed by atoms with Crippen molar-refractivity contribution in [1.29, 1.82) is 0 Å². The largest absolute Gasteiger partial charge is 0.271 e. The lowest BCUT2D eigenvalue weighted by molar-refractivity contribution is 0.573. The van der Waals surface area contributed by atoms with E-state index < -0.39 is 0 Å². The Balaban J connectivity index is 2.52. The first-order chi connectivity index (χ1) is 8.54. The summed E-state index contributed by atoms with van der Waals surface area (Å²) >= 11 is 12.1. The third-order valence-electron chi connectivity index (χ3n) is 2.92. The second kappa shape index (κ2) is 5.28. The Morgan fingerprint density at radius 1 is 1.39 bits per heavy atom. The molecule has 96 valence electrons. The van der Waals surface area contributed by atoms with Crippen molar-refractivity contribution >= 4 is 23.2 Å². The number of benzene rings is 1. The minimum Gasteiger partial charge on any atom is -0.271 e. The van der Waals surface area contributed by atoms with Crippen molar-refractivity contribution in [3.05, 3.63) is 51.3 Å². The third-order valence-corrected chi connectivity index (χ3v) is 3.45. The van der Waals surface area contributed by atoms with Crippen LogP contribution in [0.25, 0.3) is 0 Å². The molecule has 2 aromatic rings. The average Bonchev–Trinajstić information content (AvgIpc) is 2.64. The lowest BCUT2D eigenvalue weighted by atomic mass is 9.99. The molecule has 1 aromatic heterocycles. The van der Waals surface area contributed by atoms with Gasteiger partial charge in [0, 0.05) is 12.1 Å². The van der Waals surface area contributed by atoms with E-state index in [0.717, 1.165) is 16.8 Å². The van der Waals surface area contributed by atoms with Crippen molar-refractivity contribution in [2.75, 3.05) is 0 Å². The van der Waals surface area contributed by atoms with E-state index >= 15 is 0 Å². The Hall–Kier alpha value is -1.07. The number of aryl methyl sites for hydroxylation is 2. The highest BCUT2D eigenvalue weighted by atomic mass is 35.5. The summed E-state index contributed by atoms with van der Waals surface area (Å²) in [5.41, 5.74) is 5.66. The number of aromatic nitrogens is 2. The molecular weight excluding hydrogens is 271 g/mol. The Kier molecular flexibility index (Phi) is 3.92. The molecule has 0 bridgehead atoms. The van der Waals surface area contributed by atoms with Crippen LogP contribution >= 0.6 is 23.2 Å². The molecule has 18 heavy (non-hydrogen) atoms. The first kappa shape index (κ1) is 13.4. The van der Waals surface area contributed by atoms with Gasteiger partial charge in [0.15, 0.2) is 0 Å². The van der Waals surface area contributed by atoms with Crippen LogP contribution in [-0.4, -0.2) is 9.78 Å². The van der Waals surface area contributed by atoms with Crippen LogP contribution in [0.3, 0.4) is 0 Å². The van der Waals surface area contributed by atoms with Gasteiger partial charge in [-0.05, 0) is 30.2 Å². The number of nitrogens with two attached hydrogens (primary N) is 1. The lowest BCUT2D eigenvalue weighted by Crippen LogP contribution is -2.31. The fourth-order valence-electron chi connectivity index (χ4n) is 2.02. The highest BCUT2D eigenvalue weighted by molar-refractivity contribution is 6.31. The number of hydrogen-bond donors (Lipinski definition) is 2. The summed E-state index contributed by atoms with van der Waals surface area (Å²) in [4.78, 5) is 0. The average molecular weight is 285 g/mol. The fourth-order valence-corrected chi connectivity index (χ4v) is 2.53. The second-order valence-corrected chi connectivity index (χ2v) is 4.95. The van der Waals surface area contributed by atoms with Gasteiger partial charge in [0.2, 0.25) is 0 Å². The summed E-state index contributed by atoms with van der Waals surface area (Å²) in [6.07, 6.45) is 1.60. The molecule has 6 heteroatoms. The van der Waals surface area contributed by atoms with Crippen molar-refractivity contribution in [3.63, 3.8) is 0 Å². The minimum atomic E-state index is -0.220. The molecular formula is C12H14Cl2N4. The molecule has 0 aliphatic heterocycles.